The highest BCUT2D eigenvalue weighted by molar-refractivity contribution is 5.75. The second-order valence-electron chi connectivity index (χ2n) is 3.67. The number of amides is 1. The average molecular weight is 201 g/mol. The Morgan fingerprint density at radius 3 is 2.43 bits per heavy atom. The number of unbranched alkanes of at least 4 members (excludes halogenated alkanes) is 4. The van der Waals surface area contributed by atoms with Gasteiger partial charge in [0, 0.05) is 20.6 Å². The molecule has 0 saturated carbocycles. The van der Waals surface area contributed by atoms with E-state index in [2.05, 4.69) is 6.92 Å². The molecule has 1 amide bonds. The maximum absolute atomic E-state index is 11.4. The first kappa shape index (κ1) is 13.4. The van der Waals surface area contributed by atoms with Crippen molar-refractivity contribution in [2.45, 2.75) is 45.4 Å². The predicted molar refractivity (Wildman–Crippen MR) is 58.0 cm³/mol. The lowest BCUT2D eigenvalue weighted by Gasteiger charge is -2.15. The van der Waals surface area contributed by atoms with Crippen molar-refractivity contribution in [2.75, 3.05) is 20.9 Å². The molecule has 0 heterocycles. The van der Waals surface area contributed by atoms with Gasteiger partial charge in [0.2, 0.25) is 5.91 Å². The zero-order valence-corrected chi connectivity index (χ0v) is 9.71. The number of carbonyl (C=O) groups excluding carboxylic acids is 1. The van der Waals surface area contributed by atoms with Crippen LogP contribution in [0.25, 0.3) is 0 Å². The number of nitrogens with zero attached hydrogens (tertiary/aromatic N) is 1. The van der Waals surface area contributed by atoms with E-state index in [4.69, 9.17) is 4.74 Å². The van der Waals surface area contributed by atoms with Crippen LogP contribution in [0.4, 0.5) is 0 Å². The molecule has 14 heavy (non-hydrogen) atoms. The summed E-state index contributed by atoms with van der Waals surface area (Å²) in [5, 5.41) is 0. The second kappa shape index (κ2) is 9.00. The number of methoxy groups -OCH3 is 1. The SMILES string of the molecule is CCCCCCCC(=O)N(C)COC. The first-order valence-electron chi connectivity index (χ1n) is 5.45. The van der Waals surface area contributed by atoms with Crippen LogP contribution in [0.5, 0.6) is 0 Å². The van der Waals surface area contributed by atoms with Gasteiger partial charge >= 0.3 is 0 Å². The number of ether oxygens (including phenoxy) is 1. The quantitative estimate of drug-likeness (QED) is 0.446. The Kier molecular flexibility index (Phi) is 8.64. The van der Waals surface area contributed by atoms with E-state index >= 15 is 0 Å². The van der Waals surface area contributed by atoms with Gasteiger partial charge in [0.05, 0.1) is 0 Å². The summed E-state index contributed by atoms with van der Waals surface area (Å²) in [7, 11) is 3.38. The topological polar surface area (TPSA) is 29.5 Å². The molecule has 0 aliphatic heterocycles. The fourth-order valence-corrected chi connectivity index (χ4v) is 1.34. The van der Waals surface area contributed by atoms with E-state index in [0.717, 1.165) is 6.42 Å². The first-order valence-corrected chi connectivity index (χ1v) is 5.45. The van der Waals surface area contributed by atoms with Crippen LogP contribution in [0.3, 0.4) is 0 Å². The molecule has 0 atom stereocenters. The molecule has 3 nitrogen and oxygen atoms in total. The van der Waals surface area contributed by atoms with E-state index in [1.165, 1.54) is 25.7 Å². The number of carbonyl (C=O) groups is 1. The molecule has 0 fully saturated rings. The van der Waals surface area contributed by atoms with Crippen molar-refractivity contribution in [3.8, 4) is 0 Å². The lowest BCUT2D eigenvalue weighted by Crippen LogP contribution is -2.28. The Labute approximate surface area is 87.4 Å². The molecular formula is C11H23NO2. The highest BCUT2D eigenvalue weighted by Crippen LogP contribution is 2.06. The van der Waals surface area contributed by atoms with Crippen LogP contribution in [0, 0.1) is 0 Å². The summed E-state index contributed by atoms with van der Waals surface area (Å²) in [6.07, 6.45) is 6.61. The molecular weight excluding hydrogens is 178 g/mol. The van der Waals surface area contributed by atoms with Crippen LogP contribution in [-0.2, 0) is 9.53 Å². The van der Waals surface area contributed by atoms with E-state index < -0.39 is 0 Å². The molecule has 0 aromatic rings. The molecule has 0 aliphatic carbocycles. The molecule has 0 saturated heterocycles. The average Bonchev–Trinajstić information content (AvgIpc) is 2.17. The van der Waals surface area contributed by atoms with Crippen LogP contribution < -0.4 is 0 Å². The molecule has 0 unspecified atom stereocenters. The van der Waals surface area contributed by atoms with Gasteiger partial charge in [-0.15, -0.1) is 0 Å². The summed E-state index contributed by atoms with van der Waals surface area (Å²) in [5.41, 5.74) is 0. The van der Waals surface area contributed by atoms with Gasteiger partial charge in [-0.05, 0) is 6.42 Å². The molecule has 0 rings (SSSR count). The van der Waals surface area contributed by atoms with Gasteiger partial charge in [-0.3, -0.25) is 4.79 Å². The highest BCUT2D eigenvalue weighted by atomic mass is 16.5. The maximum atomic E-state index is 11.4. The summed E-state index contributed by atoms with van der Waals surface area (Å²) in [5.74, 6) is 0.184. The monoisotopic (exact) mass is 201 g/mol. The molecule has 0 aliphatic rings. The zero-order chi connectivity index (χ0) is 10.8. The molecule has 0 bridgehead atoms. The Balaban J connectivity index is 3.34. The van der Waals surface area contributed by atoms with Crippen molar-refractivity contribution >= 4 is 5.91 Å². The zero-order valence-electron chi connectivity index (χ0n) is 9.71. The van der Waals surface area contributed by atoms with Gasteiger partial charge in [-0.25, -0.2) is 0 Å². The highest BCUT2D eigenvalue weighted by Gasteiger charge is 2.06. The largest absolute Gasteiger partial charge is 0.364 e. The second-order valence-corrected chi connectivity index (χ2v) is 3.67. The number of rotatable bonds is 8. The van der Waals surface area contributed by atoms with Gasteiger partial charge < -0.3 is 9.64 Å². The minimum Gasteiger partial charge on any atom is -0.364 e. The van der Waals surface area contributed by atoms with Crippen LogP contribution in [0.1, 0.15) is 45.4 Å². The fourth-order valence-electron chi connectivity index (χ4n) is 1.34. The summed E-state index contributed by atoms with van der Waals surface area (Å²) in [6.45, 7) is 2.59. The van der Waals surface area contributed by atoms with Crippen LogP contribution in [-0.4, -0.2) is 31.7 Å². The summed E-state index contributed by atoms with van der Waals surface area (Å²) < 4.78 is 4.87. The molecule has 0 radical (unpaired) electrons. The van der Waals surface area contributed by atoms with E-state index in [9.17, 15) is 4.79 Å². The Morgan fingerprint density at radius 1 is 1.21 bits per heavy atom. The van der Waals surface area contributed by atoms with Gasteiger partial charge in [0.15, 0.2) is 0 Å². The van der Waals surface area contributed by atoms with Crippen molar-refractivity contribution in [3.05, 3.63) is 0 Å². The molecule has 0 aromatic heterocycles. The van der Waals surface area contributed by atoms with Crippen LogP contribution in [0.2, 0.25) is 0 Å². The van der Waals surface area contributed by atoms with Gasteiger partial charge in [0.25, 0.3) is 0 Å². The van der Waals surface area contributed by atoms with Crippen molar-refractivity contribution in [1.82, 2.24) is 4.90 Å². The van der Waals surface area contributed by atoms with Crippen molar-refractivity contribution in [2.24, 2.45) is 0 Å². The summed E-state index contributed by atoms with van der Waals surface area (Å²) in [4.78, 5) is 13.0. The molecule has 84 valence electrons. The standard InChI is InChI=1S/C11H23NO2/c1-4-5-6-7-8-9-11(13)12(2)10-14-3/h4-10H2,1-3H3. The first-order chi connectivity index (χ1) is 6.72. The molecule has 0 N–H and O–H groups in total. The number of hydrogen-bond acceptors (Lipinski definition) is 2. The minimum absolute atomic E-state index is 0.184. The van der Waals surface area contributed by atoms with Crippen LogP contribution in [0.15, 0.2) is 0 Å². The van der Waals surface area contributed by atoms with E-state index in [1.807, 2.05) is 0 Å². The third-order valence-electron chi connectivity index (χ3n) is 2.24. The van der Waals surface area contributed by atoms with Gasteiger partial charge in [-0.1, -0.05) is 32.6 Å². The molecule has 3 heteroatoms. The minimum atomic E-state index is 0.184. The third kappa shape index (κ3) is 6.89. The lowest BCUT2D eigenvalue weighted by molar-refractivity contribution is -0.134. The summed E-state index contributed by atoms with van der Waals surface area (Å²) in [6, 6.07) is 0. The molecule has 0 aromatic carbocycles. The van der Waals surface area contributed by atoms with E-state index in [-0.39, 0.29) is 5.91 Å². The fraction of sp³-hybridized carbons (Fsp3) is 0.909. The van der Waals surface area contributed by atoms with Gasteiger partial charge in [-0.2, -0.15) is 0 Å². The van der Waals surface area contributed by atoms with E-state index in [1.54, 1.807) is 19.1 Å². The van der Waals surface area contributed by atoms with Crippen molar-refractivity contribution in [1.29, 1.82) is 0 Å². The molecule has 0 spiro atoms. The number of hydrogen-bond donors (Lipinski definition) is 0. The normalized spacial score (nSPS) is 10.2. The summed E-state index contributed by atoms with van der Waals surface area (Å²) >= 11 is 0. The van der Waals surface area contributed by atoms with Crippen molar-refractivity contribution < 1.29 is 9.53 Å². The third-order valence-corrected chi connectivity index (χ3v) is 2.24. The lowest BCUT2D eigenvalue weighted by atomic mass is 10.1. The van der Waals surface area contributed by atoms with Crippen LogP contribution >= 0.6 is 0 Å². The van der Waals surface area contributed by atoms with Gasteiger partial charge in [0.1, 0.15) is 6.73 Å². The van der Waals surface area contributed by atoms with E-state index in [0.29, 0.717) is 13.2 Å². The predicted octanol–water partition coefficient (Wildman–Crippen LogP) is 2.41. The smallest absolute Gasteiger partial charge is 0.224 e. The van der Waals surface area contributed by atoms with Crippen molar-refractivity contribution in [3.63, 3.8) is 0 Å². The Hall–Kier alpha value is -0.570. The Morgan fingerprint density at radius 2 is 1.86 bits per heavy atom. The maximum Gasteiger partial charge on any atom is 0.224 e. The Bertz CT molecular complexity index is 148.